The van der Waals surface area contributed by atoms with E-state index >= 15 is 0 Å². The number of rotatable bonds is 9. The third kappa shape index (κ3) is 6.43. The van der Waals surface area contributed by atoms with Gasteiger partial charge in [0, 0.05) is 26.2 Å². The number of benzene rings is 1. The minimum atomic E-state index is -0.386. The summed E-state index contributed by atoms with van der Waals surface area (Å²) in [4.78, 5) is 28.5. The van der Waals surface area contributed by atoms with Crippen molar-refractivity contribution in [3.8, 4) is 0 Å². The Kier molecular flexibility index (Phi) is 9.03. The SMILES string of the molecule is CCCCN(CCCC)C(=O)C(=O)N(CC)Cc1ccccc1. The fourth-order valence-corrected chi connectivity index (χ4v) is 2.41. The van der Waals surface area contributed by atoms with E-state index < -0.39 is 0 Å². The lowest BCUT2D eigenvalue weighted by molar-refractivity contribution is -0.152. The second kappa shape index (κ2) is 10.8. The molecule has 0 aliphatic heterocycles. The molecule has 4 nitrogen and oxygen atoms in total. The highest BCUT2D eigenvalue weighted by Crippen LogP contribution is 2.07. The first-order valence-corrected chi connectivity index (χ1v) is 8.76. The zero-order valence-electron chi connectivity index (χ0n) is 14.8. The Hall–Kier alpha value is -1.84. The van der Waals surface area contributed by atoms with Crippen molar-refractivity contribution >= 4 is 11.8 Å². The largest absolute Gasteiger partial charge is 0.334 e. The molecule has 128 valence electrons. The first-order valence-electron chi connectivity index (χ1n) is 8.76. The first kappa shape index (κ1) is 19.2. The van der Waals surface area contributed by atoms with Gasteiger partial charge < -0.3 is 9.80 Å². The van der Waals surface area contributed by atoms with Crippen LogP contribution in [0.4, 0.5) is 0 Å². The molecule has 0 saturated carbocycles. The minimum Gasteiger partial charge on any atom is -0.334 e. The lowest BCUT2D eigenvalue weighted by atomic mass is 10.2. The second-order valence-corrected chi connectivity index (χ2v) is 5.80. The van der Waals surface area contributed by atoms with Gasteiger partial charge in [-0.3, -0.25) is 9.59 Å². The van der Waals surface area contributed by atoms with E-state index in [0.717, 1.165) is 31.2 Å². The van der Waals surface area contributed by atoms with Crippen LogP contribution in [-0.2, 0) is 16.1 Å². The summed E-state index contributed by atoms with van der Waals surface area (Å²) >= 11 is 0. The molecule has 0 radical (unpaired) electrons. The number of carbonyl (C=O) groups is 2. The number of hydrogen-bond acceptors (Lipinski definition) is 2. The lowest BCUT2D eigenvalue weighted by Gasteiger charge is -2.26. The summed E-state index contributed by atoms with van der Waals surface area (Å²) in [6.45, 7) is 8.47. The molecular formula is C19H30N2O2. The van der Waals surface area contributed by atoms with Crippen LogP contribution in [0.15, 0.2) is 30.3 Å². The second-order valence-electron chi connectivity index (χ2n) is 5.80. The van der Waals surface area contributed by atoms with E-state index in [4.69, 9.17) is 0 Å². The van der Waals surface area contributed by atoms with Gasteiger partial charge in [-0.05, 0) is 25.3 Å². The van der Waals surface area contributed by atoms with Gasteiger partial charge in [-0.15, -0.1) is 0 Å². The Morgan fingerprint density at radius 2 is 1.35 bits per heavy atom. The van der Waals surface area contributed by atoms with Crippen molar-refractivity contribution in [2.75, 3.05) is 19.6 Å². The molecule has 1 rings (SSSR count). The molecule has 1 aromatic rings. The highest BCUT2D eigenvalue weighted by molar-refractivity contribution is 6.34. The van der Waals surface area contributed by atoms with Gasteiger partial charge in [0.25, 0.3) is 0 Å². The molecule has 0 aliphatic rings. The van der Waals surface area contributed by atoms with E-state index in [9.17, 15) is 9.59 Å². The molecule has 0 aromatic heterocycles. The van der Waals surface area contributed by atoms with E-state index in [1.807, 2.05) is 37.3 Å². The topological polar surface area (TPSA) is 40.6 Å². The summed E-state index contributed by atoms with van der Waals surface area (Å²) in [6.07, 6.45) is 3.91. The maximum absolute atomic E-state index is 12.6. The van der Waals surface area contributed by atoms with Crippen LogP contribution in [0.5, 0.6) is 0 Å². The van der Waals surface area contributed by atoms with Gasteiger partial charge in [0.2, 0.25) is 0 Å². The Labute approximate surface area is 140 Å². The van der Waals surface area contributed by atoms with Crippen LogP contribution in [0.25, 0.3) is 0 Å². The molecule has 0 saturated heterocycles. The quantitative estimate of drug-likeness (QED) is 0.654. The van der Waals surface area contributed by atoms with Gasteiger partial charge in [0.1, 0.15) is 0 Å². The fourth-order valence-electron chi connectivity index (χ4n) is 2.41. The Morgan fingerprint density at radius 1 is 0.826 bits per heavy atom. The average Bonchev–Trinajstić information content (AvgIpc) is 2.59. The van der Waals surface area contributed by atoms with Crippen LogP contribution in [0.2, 0.25) is 0 Å². The number of carbonyl (C=O) groups excluding carboxylic acids is 2. The van der Waals surface area contributed by atoms with E-state index in [0.29, 0.717) is 26.2 Å². The highest BCUT2D eigenvalue weighted by Gasteiger charge is 2.25. The van der Waals surface area contributed by atoms with Gasteiger partial charge in [0.05, 0.1) is 0 Å². The number of likely N-dealkylation sites (N-methyl/N-ethyl adjacent to an activating group) is 1. The Balaban J connectivity index is 2.73. The summed E-state index contributed by atoms with van der Waals surface area (Å²) in [5, 5.41) is 0. The van der Waals surface area contributed by atoms with Gasteiger partial charge in [-0.2, -0.15) is 0 Å². The lowest BCUT2D eigenvalue weighted by Crippen LogP contribution is -2.45. The van der Waals surface area contributed by atoms with Crippen molar-refractivity contribution in [2.45, 2.75) is 53.0 Å². The smallest absolute Gasteiger partial charge is 0.312 e. The monoisotopic (exact) mass is 318 g/mol. The van der Waals surface area contributed by atoms with Gasteiger partial charge in [-0.1, -0.05) is 57.0 Å². The van der Waals surface area contributed by atoms with Crippen LogP contribution in [0.3, 0.4) is 0 Å². The van der Waals surface area contributed by atoms with Crippen LogP contribution in [0, 0.1) is 0 Å². The molecule has 0 spiro atoms. The number of hydrogen-bond donors (Lipinski definition) is 0. The minimum absolute atomic E-state index is 0.357. The molecule has 0 atom stereocenters. The summed E-state index contributed by atoms with van der Waals surface area (Å²) in [7, 11) is 0. The van der Waals surface area contributed by atoms with Crippen LogP contribution in [0.1, 0.15) is 52.0 Å². The van der Waals surface area contributed by atoms with Crippen molar-refractivity contribution < 1.29 is 9.59 Å². The molecule has 23 heavy (non-hydrogen) atoms. The molecule has 0 aliphatic carbocycles. The maximum atomic E-state index is 12.6. The molecule has 0 heterocycles. The fraction of sp³-hybridized carbons (Fsp3) is 0.579. The van der Waals surface area contributed by atoms with Gasteiger partial charge in [-0.25, -0.2) is 0 Å². The standard InChI is InChI=1S/C19H30N2O2/c1-4-7-14-21(15-8-5-2)19(23)18(22)20(6-3)16-17-12-10-9-11-13-17/h9-13H,4-8,14-16H2,1-3H3. The normalized spacial score (nSPS) is 10.4. The highest BCUT2D eigenvalue weighted by atomic mass is 16.2. The molecular weight excluding hydrogens is 288 g/mol. The molecule has 1 aromatic carbocycles. The predicted octanol–water partition coefficient (Wildman–Crippen LogP) is 3.46. The molecule has 4 heteroatoms. The summed E-state index contributed by atoms with van der Waals surface area (Å²) in [6, 6.07) is 9.80. The number of unbranched alkanes of at least 4 members (excludes halogenated alkanes) is 2. The third-order valence-electron chi connectivity index (χ3n) is 3.92. The Bertz CT molecular complexity index is 466. The third-order valence-corrected chi connectivity index (χ3v) is 3.92. The summed E-state index contributed by atoms with van der Waals surface area (Å²) in [5.74, 6) is -0.742. The van der Waals surface area contributed by atoms with Crippen LogP contribution in [-0.4, -0.2) is 41.2 Å². The molecule has 2 amide bonds. The van der Waals surface area contributed by atoms with E-state index in [-0.39, 0.29) is 11.8 Å². The molecule has 0 N–H and O–H groups in total. The van der Waals surface area contributed by atoms with Crippen molar-refractivity contribution in [2.24, 2.45) is 0 Å². The van der Waals surface area contributed by atoms with Gasteiger partial charge in [0.15, 0.2) is 0 Å². The predicted molar refractivity (Wildman–Crippen MR) is 93.9 cm³/mol. The zero-order valence-corrected chi connectivity index (χ0v) is 14.8. The molecule has 0 unspecified atom stereocenters. The van der Waals surface area contributed by atoms with Crippen molar-refractivity contribution in [3.05, 3.63) is 35.9 Å². The molecule has 0 bridgehead atoms. The average molecular weight is 318 g/mol. The Morgan fingerprint density at radius 3 is 1.83 bits per heavy atom. The van der Waals surface area contributed by atoms with Gasteiger partial charge >= 0.3 is 11.8 Å². The van der Waals surface area contributed by atoms with E-state index in [1.54, 1.807) is 9.80 Å². The van der Waals surface area contributed by atoms with Crippen LogP contribution < -0.4 is 0 Å². The number of nitrogens with zero attached hydrogens (tertiary/aromatic N) is 2. The van der Waals surface area contributed by atoms with Crippen molar-refractivity contribution in [1.29, 1.82) is 0 Å². The first-order chi connectivity index (χ1) is 11.1. The van der Waals surface area contributed by atoms with Crippen LogP contribution >= 0.6 is 0 Å². The molecule has 0 fully saturated rings. The van der Waals surface area contributed by atoms with E-state index in [1.165, 1.54) is 0 Å². The summed E-state index contributed by atoms with van der Waals surface area (Å²) in [5.41, 5.74) is 1.05. The maximum Gasteiger partial charge on any atom is 0.312 e. The van der Waals surface area contributed by atoms with E-state index in [2.05, 4.69) is 13.8 Å². The van der Waals surface area contributed by atoms with Crippen molar-refractivity contribution in [3.63, 3.8) is 0 Å². The zero-order chi connectivity index (χ0) is 17.1. The number of amides is 2. The summed E-state index contributed by atoms with van der Waals surface area (Å²) < 4.78 is 0. The van der Waals surface area contributed by atoms with Crippen molar-refractivity contribution in [1.82, 2.24) is 9.80 Å².